The monoisotopic (exact) mass is 305 g/mol. The van der Waals surface area contributed by atoms with E-state index in [0.717, 1.165) is 0 Å². The van der Waals surface area contributed by atoms with Crippen LogP contribution in [0.5, 0.6) is 0 Å². The molecule has 2 N–H and O–H groups in total. The van der Waals surface area contributed by atoms with Gasteiger partial charge in [-0.3, -0.25) is 0 Å². The third kappa shape index (κ3) is 3.09. The molecule has 1 aromatic heterocycles. The Morgan fingerprint density at radius 3 is 2.71 bits per heavy atom. The lowest BCUT2D eigenvalue weighted by molar-refractivity contribution is 0.515. The Kier molecular flexibility index (Phi) is 3.94. The zero-order chi connectivity index (χ0) is 14.8. The number of hydrogen-bond acceptors (Lipinski definition) is 3. The minimum absolute atomic E-state index is 0.263. The summed E-state index contributed by atoms with van der Waals surface area (Å²) in [6.45, 7) is 0. The summed E-state index contributed by atoms with van der Waals surface area (Å²) in [7, 11) is 0. The van der Waals surface area contributed by atoms with Crippen molar-refractivity contribution in [2.75, 3.05) is 5.75 Å². The Hall–Kier alpha value is -1.85. The van der Waals surface area contributed by atoms with Gasteiger partial charge < -0.3 is 10.2 Å². The van der Waals surface area contributed by atoms with E-state index in [9.17, 15) is 8.78 Å². The summed E-state index contributed by atoms with van der Waals surface area (Å²) in [5.41, 5.74) is 6.66. The quantitative estimate of drug-likeness (QED) is 0.721. The van der Waals surface area contributed by atoms with E-state index in [1.165, 1.54) is 30.0 Å². The summed E-state index contributed by atoms with van der Waals surface area (Å²) in [5, 5.41) is 0.677. The van der Waals surface area contributed by atoms with Gasteiger partial charge in [-0.25, -0.2) is 8.78 Å². The molecule has 0 saturated heterocycles. The number of rotatable bonds is 4. The van der Waals surface area contributed by atoms with E-state index >= 15 is 0 Å². The molecule has 0 aliphatic heterocycles. The normalized spacial score (nSPS) is 12.7. The zero-order valence-electron chi connectivity index (χ0n) is 11.1. The molecule has 108 valence electrons. The first-order valence-electron chi connectivity index (χ1n) is 6.45. The lowest BCUT2D eigenvalue weighted by Crippen LogP contribution is -2.12. The second kappa shape index (κ2) is 5.87. The largest absolute Gasteiger partial charge is 0.459 e. The average molecular weight is 305 g/mol. The summed E-state index contributed by atoms with van der Waals surface area (Å²) in [6.07, 6.45) is 0. The highest BCUT2D eigenvalue weighted by atomic mass is 32.2. The molecule has 1 unspecified atom stereocenters. The maximum atomic E-state index is 13.5. The molecule has 0 amide bonds. The van der Waals surface area contributed by atoms with Gasteiger partial charge in [-0.05, 0) is 36.4 Å². The SMILES string of the molecule is NC(CSc1ccccc1F)c1cc2cc(F)ccc2o1. The molecule has 3 rings (SSSR count). The van der Waals surface area contributed by atoms with Crippen LogP contribution in [0.2, 0.25) is 0 Å². The third-order valence-electron chi connectivity index (χ3n) is 3.12. The van der Waals surface area contributed by atoms with Gasteiger partial charge in [0.1, 0.15) is 23.0 Å². The van der Waals surface area contributed by atoms with Crippen LogP contribution < -0.4 is 5.73 Å². The molecule has 0 radical (unpaired) electrons. The predicted octanol–water partition coefficient (Wildman–Crippen LogP) is 4.50. The van der Waals surface area contributed by atoms with Crippen LogP contribution in [0.15, 0.2) is 57.8 Å². The molecule has 0 aliphatic rings. The Labute approximate surface area is 124 Å². The van der Waals surface area contributed by atoms with E-state index < -0.39 is 0 Å². The fourth-order valence-corrected chi connectivity index (χ4v) is 2.95. The molecule has 2 nitrogen and oxygen atoms in total. The van der Waals surface area contributed by atoms with Gasteiger partial charge in [0.15, 0.2) is 0 Å². The first-order valence-corrected chi connectivity index (χ1v) is 7.44. The molecule has 1 atom stereocenters. The molecule has 21 heavy (non-hydrogen) atoms. The fraction of sp³-hybridized carbons (Fsp3) is 0.125. The van der Waals surface area contributed by atoms with Crippen molar-refractivity contribution in [1.82, 2.24) is 0 Å². The van der Waals surface area contributed by atoms with E-state index in [1.54, 1.807) is 30.3 Å². The standard InChI is InChI=1S/C16H13F2NOS/c17-11-5-6-14-10(7-11)8-15(20-14)13(19)9-21-16-4-2-1-3-12(16)18/h1-8,13H,9,19H2. The van der Waals surface area contributed by atoms with Crippen molar-refractivity contribution >= 4 is 22.7 Å². The first kappa shape index (κ1) is 14.1. The van der Waals surface area contributed by atoms with E-state index in [1.807, 2.05) is 0 Å². The van der Waals surface area contributed by atoms with Gasteiger partial charge in [0, 0.05) is 16.0 Å². The molecule has 0 fully saturated rings. The predicted molar refractivity (Wildman–Crippen MR) is 80.2 cm³/mol. The molecule has 1 heterocycles. The fourth-order valence-electron chi connectivity index (χ4n) is 2.04. The molecule has 0 spiro atoms. The Balaban J connectivity index is 1.75. The number of benzene rings is 2. The summed E-state index contributed by atoms with van der Waals surface area (Å²) < 4.78 is 32.3. The van der Waals surface area contributed by atoms with Gasteiger partial charge in [-0.15, -0.1) is 11.8 Å². The van der Waals surface area contributed by atoms with Crippen LogP contribution in [0.25, 0.3) is 11.0 Å². The van der Waals surface area contributed by atoms with E-state index in [0.29, 0.717) is 27.4 Å². The molecule has 0 saturated carbocycles. The van der Waals surface area contributed by atoms with Crippen molar-refractivity contribution in [2.24, 2.45) is 5.73 Å². The summed E-state index contributed by atoms with van der Waals surface area (Å²) in [4.78, 5) is 0.551. The summed E-state index contributed by atoms with van der Waals surface area (Å²) in [6, 6.07) is 12.2. The van der Waals surface area contributed by atoms with Crippen molar-refractivity contribution in [3.05, 3.63) is 65.9 Å². The van der Waals surface area contributed by atoms with Gasteiger partial charge in [0.25, 0.3) is 0 Å². The number of halogens is 2. The van der Waals surface area contributed by atoms with E-state index in [2.05, 4.69) is 0 Å². The second-order valence-corrected chi connectivity index (χ2v) is 5.74. The summed E-state index contributed by atoms with van der Waals surface area (Å²) in [5.74, 6) is 0.466. The van der Waals surface area contributed by atoms with Crippen LogP contribution in [-0.4, -0.2) is 5.75 Å². The third-order valence-corrected chi connectivity index (χ3v) is 4.29. The summed E-state index contributed by atoms with van der Waals surface area (Å²) >= 11 is 1.33. The van der Waals surface area contributed by atoms with Crippen LogP contribution >= 0.6 is 11.8 Å². The van der Waals surface area contributed by atoms with Crippen molar-refractivity contribution in [2.45, 2.75) is 10.9 Å². The zero-order valence-corrected chi connectivity index (χ0v) is 11.9. The topological polar surface area (TPSA) is 39.2 Å². The van der Waals surface area contributed by atoms with Gasteiger partial charge in [-0.1, -0.05) is 12.1 Å². The second-order valence-electron chi connectivity index (χ2n) is 4.68. The maximum absolute atomic E-state index is 13.5. The highest BCUT2D eigenvalue weighted by molar-refractivity contribution is 7.99. The minimum atomic E-state index is -0.384. The van der Waals surface area contributed by atoms with Crippen LogP contribution in [0.3, 0.4) is 0 Å². The molecule has 2 aromatic carbocycles. The Morgan fingerprint density at radius 1 is 1.10 bits per heavy atom. The maximum Gasteiger partial charge on any atom is 0.136 e. The number of nitrogens with two attached hydrogens (primary N) is 1. The van der Waals surface area contributed by atoms with Gasteiger partial charge in [0.2, 0.25) is 0 Å². The molecule has 3 aromatic rings. The Morgan fingerprint density at radius 2 is 1.90 bits per heavy atom. The van der Waals surface area contributed by atoms with Crippen molar-refractivity contribution < 1.29 is 13.2 Å². The van der Waals surface area contributed by atoms with Crippen LogP contribution in [0.4, 0.5) is 8.78 Å². The van der Waals surface area contributed by atoms with E-state index in [4.69, 9.17) is 10.2 Å². The minimum Gasteiger partial charge on any atom is -0.459 e. The molecule has 0 bridgehead atoms. The molecular weight excluding hydrogens is 292 g/mol. The highest BCUT2D eigenvalue weighted by Gasteiger charge is 2.14. The van der Waals surface area contributed by atoms with Crippen LogP contribution in [-0.2, 0) is 0 Å². The highest BCUT2D eigenvalue weighted by Crippen LogP contribution is 2.29. The van der Waals surface area contributed by atoms with Crippen molar-refractivity contribution in [1.29, 1.82) is 0 Å². The van der Waals surface area contributed by atoms with Gasteiger partial charge in [-0.2, -0.15) is 0 Å². The molecular formula is C16H13F2NOS. The van der Waals surface area contributed by atoms with Crippen molar-refractivity contribution in [3.8, 4) is 0 Å². The van der Waals surface area contributed by atoms with Gasteiger partial charge >= 0.3 is 0 Å². The smallest absolute Gasteiger partial charge is 0.136 e. The van der Waals surface area contributed by atoms with Gasteiger partial charge in [0.05, 0.1) is 6.04 Å². The number of fused-ring (bicyclic) bond motifs is 1. The molecule has 0 aliphatic carbocycles. The first-order chi connectivity index (χ1) is 10.1. The number of furan rings is 1. The molecule has 5 heteroatoms. The Bertz CT molecular complexity index is 772. The average Bonchev–Trinajstić information content (AvgIpc) is 2.89. The lowest BCUT2D eigenvalue weighted by Gasteiger charge is -2.08. The van der Waals surface area contributed by atoms with E-state index in [-0.39, 0.29) is 17.7 Å². The van der Waals surface area contributed by atoms with Crippen LogP contribution in [0, 0.1) is 11.6 Å². The number of thioether (sulfide) groups is 1. The lowest BCUT2D eigenvalue weighted by atomic mass is 10.2. The van der Waals surface area contributed by atoms with Crippen LogP contribution in [0.1, 0.15) is 11.8 Å². The number of hydrogen-bond donors (Lipinski definition) is 1. The van der Waals surface area contributed by atoms with Crippen molar-refractivity contribution in [3.63, 3.8) is 0 Å².